The smallest absolute Gasteiger partial charge is 0.317 e. The summed E-state index contributed by atoms with van der Waals surface area (Å²) in [7, 11) is 1.92. The molecule has 1 saturated heterocycles. The summed E-state index contributed by atoms with van der Waals surface area (Å²) >= 11 is 6.26. The Hall–Kier alpha value is -1.30. The highest BCUT2D eigenvalue weighted by Crippen LogP contribution is 2.30. The number of likely N-dealkylation sites (tertiary alicyclic amines) is 1. The Balaban J connectivity index is 1.61. The second-order valence-corrected chi connectivity index (χ2v) is 8.38. The van der Waals surface area contributed by atoms with Crippen molar-refractivity contribution in [3.63, 3.8) is 0 Å². The van der Waals surface area contributed by atoms with Crippen LogP contribution < -0.4 is 4.74 Å². The molecule has 0 amide bonds. The van der Waals surface area contributed by atoms with Crippen LogP contribution in [0.4, 0.5) is 0 Å². The quantitative estimate of drug-likeness (QED) is 0.756. The van der Waals surface area contributed by atoms with Gasteiger partial charge in [-0.15, -0.1) is 0 Å². The fourth-order valence-electron chi connectivity index (χ4n) is 4.29. The summed E-state index contributed by atoms with van der Waals surface area (Å²) in [4.78, 5) is 15.4. The van der Waals surface area contributed by atoms with Crippen molar-refractivity contribution in [1.29, 1.82) is 0 Å². The molecular formula is C21H31ClN2O3. The number of nitrogens with zero attached hydrogens (tertiary/aromatic N) is 2. The summed E-state index contributed by atoms with van der Waals surface area (Å²) in [5, 5.41) is 9.77. The van der Waals surface area contributed by atoms with Gasteiger partial charge in [0.1, 0.15) is 5.75 Å². The lowest BCUT2D eigenvalue weighted by molar-refractivity contribution is -0.138. The molecule has 0 radical (unpaired) electrons. The fraction of sp³-hybridized carbons (Fsp3) is 0.667. The van der Waals surface area contributed by atoms with Crippen LogP contribution in [0.3, 0.4) is 0 Å². The summed E-state index contributed by atoms with van der Waals surface area (Å²) in [5.41, 5.74) is 1.16. The van der Waals surface area contributed by atoms with Crippen molar-refractivity contribution in [1.82, 2.24) is 9.80 Å². The third-order valence-electron chi connectivity index (χ3n) is 5.81. The molecule has 2 aliphatic rings. The molecule has 1 aromatic rings. The van der Waals surface area contributed by atoms with Crippen LogP contribution in [0, 0.1) is 0 Å². The zero-order chi connectivity index (χ0) is 19.2. The molecule has 1 saturated carbocycles. The van der Waals surface area contributed by atoms with Crippen molar-refractivity contribution in [3.05, 3.63) is 28.8 Å². The number of hydrogen-bond donors (Lipinski definition) is 1. The van der Waals surface area contributed by atoms with Crippen LogP contribution in [0.15, 0.2) is 18.2 Å². The number of carboxylic acid groups (broad SMARTS) is 1. The SMILES string of the molecule is CN(CC(=O)O)C1CCCN(Cc2cc(Cl)ccc2OC2CCCC2)CC1. The van der Waals surface area contributed by atoms with E-state index in [4.69, 9.17) is 21.4 Å². The minimum Gasteiger partial charge on any atom is -0.490 e. The van der Waals surface area contributed by atoms with Gasteiger partial charge >= 0.3 is 5.97 Å². The molecule has 0 aromatic heterocycles. The van der Waals surface area contributed by atoms with E-state index >= 15 is 0 Å². The summed E-state index contributed by atoms with van der Waals surface area (Å²) in [6.07, 6.45) is 8.24. The van der Waals surface area contributed by atoms with Crippen molar-refractivity contribution < 1.29 is 14.6 Å². The van der Waals surface area contributed by atoms with E-state index in [0.717, 1.165) is 68.1 Å². The van der Waals surface area contributed by atoms with Gasteiger partial charge in [-0.2, -0.15) is 0 Å². The first-order chi connectivity index (χ1) is 13.0. The molecule has 1 heterocycles. The minimum atomic E-state index is -0.758. The van der Waals surface area contributed by atoms with Gasteiger partial charge in [-0.05, 0) is 83.3 Å². The predicted molar refractivity (Wildman–Crippen MR) is 108 cm³/mol. The molecule has 2 fully saturated rings. The number of hydrogen-bond acceptors (Lipinski definition) is 4. The molecule has 0 bridgehead atoms. The second-order valence-electron chi connectivity index (χ2n) is 7.95. The van der Waals surface area contributed by atoms with E-state index in [9.17, 15) is 4.79 Å². The van der Waals surface area contributed by atoms with Gasteiger partial charge in [0.15, 0.2) is 0 Å². The van der Waals surface area contributed by atoms with Gasteiger partial charge in [0.25, 0.3) is 0 Å². The number of carbonyl (C=O) groups is 1. The lowest BCUT2D eigenvalue weighted by atomic mass is 10.1. The van der Waals surface area contributed by atoms with Gasteiger partial charge in [0.05, 0.1) is 12.6 Å². The first-order valence-electron chi connectivity index (χ1n) is 10.1. The van der Waals surface area contributed by atoms with Gasteiger partial charge in [-0.1, -0.05) is 11.6 Å². The first kappa shape index (κ1) is 20.4. The molecular weight excluding hydrogens is 364 g/mol. The molecule has 1 aliphatic carbocycles. The van der Waals surface area contributed by atoms with Crippen LogP contribution in [-0.4, -0.2) is 59.7 Å². The van der Waals surface area contributed by atoms with Gasteiger partial charge in [0.2, 0.25) is 0 Å². The highest BCUT2D eigenvalue weighted by Gasteiger charge is 2.23. The van der Waals surface area contributed by atoms with Crippen molar-refractivity contribution in [2.24, 2.45) is 0 Å². The first-order valence-corrected chi connectivity index (χ1v) is 10.5. The summed E-state index contributed by atoms with van der Waals surface area (Å²) < 4.78 is 6.28. The summed E-state index contributed by atoms with van der Waals surface area (Å²) in [5.74, 6) is 0.210. The van der Waals surface area contributed by atoms with E-state index in [1.165, 1.54) is 12.8 Å². The minimum absolute atomic E-state index is 0.109. The van der Waals surface area contributed by atoms with Crippen LogP contribution in [0.25, 0.3) is 0 Å². The molecule has 150 valence electrons. The standard InChI is InChI=1S/C21H31ClN2O3/c1-23(15-21(25)26)18-5-4-11-24(12-10-18)14-16-13-17(22)8-9-20(16)27-19-6-2-3-7-19/h8-9,13,18-19H,2-7,10-12,14-15H2,1H3,(H,25,26). The molecule has 5 nitrogen and oxygen atoms in total. The Bertz CT molecular complexity index is 634. The molecule has 1 N–H and O–H groups in total. The Morgan fingerprint density at radius 1 is 1.22 bits per heavy atom. The third-order valence-corrected chi connectivity index (χ3v) is 6.05. The van der Waals surface area contributed by atoms with Crippen LogP contribution in [0.1, 0.15) is 50.5 Å². The second kappa shape index (κ2) is 9.76. The lowest BCUT2D eigenvalue weighted by Crippen LogP contribution is -2.36. The largest absolute Gasteiger partial charge is 0.490 e. The van der Waals surface area contributed by atoms with Crippen molar-refractivity contribution in [3.8, 4) is 5.75 Å². The molecule has 3 rings (SSSR count). The Morgan fingerprint density at radius 2 is 2.00 bits per heavy atom. The maximum Gasteiger partial charge on any atom is 0.317 e. The van der Waals surface area contributed by atoms with E-state index in [0.29, 0.717) is 12.1 Å². The zero-order valence-corrected chi connectivity index (χ0v) is 17.0. The van der Waals surface area contributed by atoms with Gasteiger partial charge in [-0.25, -0.2) is 0 Å². The summed E-state index contributed by atoms with van der Waals surface area (Å²) in [6.45, 7) is 2.92. The monoisotopic (exact) mass is 394 g/mol. The highest BCUT2D eigenvalue weighted by molar-refractivity contribution is 6.30. The number of carboxylic acids is 1. The number of aliphatic carboxylic acids is 1. The van der Waals surface area contributed by atoms with E-state index < -0.39 is 5.97 Å². The number of ether oxygens (including phenoxy) is 1. The number of benzene rings is 1. The molecule has 27 heavy (non-hydrogen) atoms. The molecule has 1 aromatic carbocycles. The highest BCUT2D eigenvalue weighted by atomic mass is 35.5. The molecule has 1 atom stereocenters. The summed E-state index contributed by atoms with van der Waals surface area (Å²) in [6, 6.07) is 6.29. The van der Waals surface area contributed by atoms with E-state index in [-0.39, 0.29) is 6.54 Å². The predicted octanol–water partition coefficient (Wildman–Crippen LogP) is 4.03. The van der Waals surface area contributed by atoms with Gasteiger partial charge in [-0.3, -0.25) is 14.6 Å². The van der Waals surface area contributed by atoms with Crippen molar-refractivity contribution >= 4 is 17.6 Å². The van der Waals surface area contributed by atoms with Crippen LogP contribution >= 0.6 is 11.6 Å². The topological polar surface area (TPSA) is 53.0 Å². The maximum atomic E-state index is 11.0. The lowest BCUT2D eigenvalue weighted by Gasteiger charge is -2.26. The van der Waals surface area contributed by atoms with E-state index in [1.807, 2.05) is 30.1 Å². The van der Waals surface area contributed by atoms with Crippen LogP contribution in [-0.2, 0) is 11.3 Å². The average molecular weight is 395 g/mol. The van der Waals surface area contributed by atoms with E-state index in [2.05, 4.69) is 4.90 Å². The Kier molecular flexibility index (Phi) is 7.39. The average Bonchev–Trinajstić information content (AvgIpc) is 3.01. The van der Waals surface area contributed by atoms with Crippen molar-refractivity contribution in [2.45, 2.75) is 63.6 Å². The van der Waals surface area contributed by atoms with Gasteiger partial charge < -0.3 is 9.84 Å². The molecule has 1 unspecified atom stereocenters. The maximum absolute atomic E-state index is 11.0. The molecule has 0 spiro atoms. The molecule has 6 heteroatoms. The molecule has 1 aliphatic heterocycles. The number of halogens is 1. The normalized spacial score (nSPS) is 22.1. The van der Waals surface area contributed by atoms with Gasteiger partial charge in [0, 0.05) is 23.2 Å². The number of likely N-dealkylation sites (N-methyl/N-ethyl adjacent to an activating group) is 1. The zero-order valence-electron chi connectivity index (χ0n) is 16.2. The van der Waals surface area contributed by atoms with Crippen LogP contribution in [0.2, 0.25) is 5.02 Å². The Labute approximate surface area is 167 Å². The third kappa shape index (κ3) is 6.09. The van der Waals surface area contributed by atoms with E-state index in [1.54, 1.807) is 0 Å². The number of rotatable bonds is 7. The van der Waals surface area contributed by atoms with Crippen LogP contribution in [0.5, 0.6) is 5.75 Å². The van der Waals surface area contributed by atoms with Crippen molar-refractivity contribution in [2.75, 3.05) is 26.7 Å². The fourth-order valence-corrected chi connectivity index (χ4v) is 4.49. The Morgan fingerprint density at radius 3 is 2.74 bits per heavy atom.